The molecule has 0 radical (unpaired) electrons. The van der Waals surface area contributed by atoms with Gasteiger partial charge in [0.15, 0.2) is 5.65 Å². The molecule has 4 aromatic rings. The first-order valence-corrected chi connectivity index (χ1v) is 12.3. The minimum absolute atomic E-state index is 0.0893. The number of hydrogen-bond acceptors (Lipinski definition) is 7. The summed E-state index contributed by atoms with van der Waals surface area (Å²) >= 11 is 0. The number of rotatable bonds is 5. The normalized spacial score (nSPS) is 16.1. The lowest BCUT2D eigenvalue weighted by Crippen LogP contribution is -2.38. The summed E-state index contributed by atoms with van der Waals surface area (Å²) in [5.41, 5.74) is 1.44. The number of nitrogens with zero attached hydrogens (tertiary/aromatic N) is 6. The maximum absolute atomic E-state index is 15.1. The molecule has 1 aliphatic rings. The molecule has 37 heavy (non-hydrogen) atoms. The summed E-state index contributed by atoms with van der Waals surface area (Å²) in [6.07, 6.45) is 6.82. The highest BCUT2D eigenvalue weighted by molar-refractivity contribution is 5.93. The highest BCUT2D eigenvalue weighted by atomic mass is 19.1. The quantitative estimate of drug-likeness (QED) is 0.407. The standard InChI is InChI=1S/C26H27FN6O4/c1-3-37-26(36)17-14-28-32(15-17)18-8-9-19(20(27)11-18)21-12-23-29-22(13-24(34)33(23)30-21)25(35)31-10-6-4-5-7-16(31)2/h8-9,11-16,34H,3-7,10H2,1-2H3/t16-/m1/s1. The minimum Gasteiger partial charge on any atom is -0.493 e. The zero-order valence-electron chi connectivity index (χ0n) is 20.6. The minimum atomic E-state index is -0.580. The summed E-state index contributed by atoms with van der Waals surface area (Å²) in [6.45, 7) is 4.61. The number of halogens is 1. The lowest BCUT2D eigenvalue weighted by atomic mass is 10.1. The van der Waals surface area contributed by atoms with Gasteiger partial charge in [-0.1, -0.05) is 12.8 Å². The monoisotopic (exact) mass is 506 g/mol. The Morgan fingerprint density at radius 2 is 2.03 bits per heavy atom. The summed E-state index contributed by atoms with van der Waals surface area (Å²) in [4.78, 5) is 31.3. The van der Waals surface area contributed by atoms with Crippen LogP contribution in [0.15, 0.2) is 42.7 Å². The molecule has 1 aliphatic heterocycles. The number of aromatic nitrogens is 5. The van der Waals surface area contributed by atoms with E-state index in [0.29, 0.717) is 12.2 Å². The van der Waals surface area contributed by atoms with E-state index in [4.69, 9.17) is 4.74 Å². The van der Waals surface area contributed by atoms with Crippen LogP contribution in [-0.4, -0.2) is 65.5 Å². The first kappa shape index (κ1) is 24.4. The fourth-order valence-corrected chi connectivity index (χ4v) is 4.56. The highest BCUT2D eigenvalue weighted by Gasteiger charge is 2.25. The van der Waals surface area contributed by atoms with Crippen LogP contribution in [0, 0.1) is 5.82 Å². The molecule has 0 unspecified atom stereocenters. The van der Waals surface area contributed by atoms with Gasteiger partial charge in [0.05, 0.1) is 29.7 Å². The van der Waals surface area contributed by atoms with Gasteiger partial charge >= 0.3 is 5.97 Å². The molecule has 1 amide bonds. The van der Waals surface area contributed by atoms with E-state index in [-0.39, 0.29) is 52.6 Å². The number of fused-ring (bicyclic) bond motifs is 1. The smallest absolute Gasteiger partial charge is 0.341 e. The van der Waals surface area contributed by atoms with Crippen molar-refractivity contribution in [3.8, 4) is 22.8 Å². The molecule has 0 bridgehead atoms. The van der Waals surface area contributed by atoms with E-state index in [0.717, 1.165) is 25.7 Å². The third-order valence-electron chi connectivity index (χ3n) is 6.53. The van der Waals surface area contributed by atoms with Crippen LogP contribution in [0.2, 0.25) is 0 Å². The molecular formula is C26H27FN6O4. The predicted octanol–water partition coefficient (Wildman–Crippen LogP) is 4.01. The molecule has 0 aliphatic carbocycles. The van der Waals surface area contributed by atoms with E-state index < -0.39 is 11.8 Å². The number of carbonyl (C=O) groups is 2. The maximum Gasteiger partial charge on any atom is 0.341 e. The molecule has 192 valence electrons. The number of aromatic hydroxyl groups is 1. The van der Waals surface area contributed by atoms with Gasteiger partial charge in [-0.3, -0.25) is 4.79 Å². The predicted molar refractivity (Wildman–Crippen MR) is 132 cm³/mol. The average Bonchev–Trinajstić information content (AvgIpc) is 3.48. The van der Waals surface area contributed by atoms with Crippen molar-refractivity contribution in [2.75, 3.05) is 13.2 Å². The Labute approximate surface area is 212 Å². The van der Waals surface area contributed by atoms with Gasteiger partial charge in [0.25, 0.3) is 5.91 Å². The van der Waals surface area contributed by atoms with Crippen molar-refractivity contribution in [2.45, 2.75) is 45.6 Å². The molecule has 1 fully saturated rings. The second-order valence-corrected chi connectivity index (χ2v) is 9.05. The van der Waals surface area contributed by atoms with Crippen molar-refractivity contribution < 1.29 is 23.8 Å². The fourth-order valence-electron chi connectivity index (χ4n) is 4.56. The van der Waals surface area contributed by atoms with Crippen LogP contribution < -0.4 is 0 Å². The first-order chi connectivity index (χ1) is 17.9. The van der Waals surface area contributed by atoms with Gasteiger partial charge in [-0.15, -0.1) is 0 Å². The zero-order chi connectivity index (χ0) is 26.1. The van der Waals surface area contributed by atoms with Crippen molar-refractivity contribution >= 4 is 17.5 Å². The van der Waals surface area contributed by atoms with Crippen molar-refractivity contribution in [2.24, 2.45) is 0 Å². The Bertz CT molecular complexity index is 1480. The molecule has 10 nitrogen and oxygen atoms in total. The first-order valence-electron chi connectivity index (χ1n) is 12.3. The van der Waals surface area contributed by atoms with E-state index in [9.17, 15) is 14.7 Å². The Balaban J connectivity index is 1.43. The summed E-state index contributed by atoms with van der Waals surface area (Å²) in [6, 6.07) is 7.33. The average molecular weight is 507 g/mol. The van der Waals surface area contributed by atoms with Crippen LogP contribution in [0.4, 0.5) is 4.39 Å². The number of hydrogen-bond donors (Lipinski definition) is 1. The van der Waals surface area contributed by atoms with Crippen LogP contribution in [0.1, 0.15) is 60.4 Å². The van der Waals surface area contributed by atoms with Crippen molar-refractivity contribution in [1.82, 2.24) is 29.3 Å². The molecular weight excluding hydrogens is 479 g/mol. The Kier molecular flexibility index (Phi) is 6.60. The summed E-state index contributed by atoms with van der Waals surface area (Å²) in [5, 5.41) is 19.0. The third kappa shape index (κ3) is 4.76. The molecule has 1 N–H and O–H groups in total. The summed E-state index contributed by atoms with van der Waals surface area (Å²) < 4.78 is 22.6. The molecule has 4 heterocycles. The van der Waals surface area contributed by atoms with Crippen molar-refractivity contribution in [1.29, 1.82) is 0 Å². The zero-order valence-corrected chi connectivity index (χ0v) is 20.6. The van der Waals surface area contributed by atoms with E-state index in [1.165, 1.54) is 45.9 Å². The number of ether oxygens (including phenoxy) is 1. The van der Waals surface area contributed by atoms with Crippen LogP contribution >= 0.6 is 0 Å². The number of esters is 1. The lowest BCUT2D eigenvalue weighted by Gasteiger charge is -2.26. The topological polar surface area (TPSA) is 115 Å². The van der Waals surface area contributed by atoms with Gasteiger partial charge in [0.2, 0.25) is 5.88 Å². The van der Waals surface area contributed by atoms with Crippen LogP contribution in [0.3, 0.4) is 0 Å². The molecule has 3 aromatic heterocycles. The van der Waals surface area contributed by atoms with Crippen LogP contribution in [0.25, 0.3) is 22.6 Å². The molecule has 11 heteroatoms. The third-order valence-corrected chi connectivity index (χ3v) is 6.53. The Hall–Kier alpha value is -4.28. The molecule has 0 saturated carbocycles. The van der Waals surface area contributed by atoms with Crippen molar-refractivity contribution in [3.63, 3.8) is 0 Å². The van der Waals surface area contributed by atoms with E-state index in [1.807, 2.05) is 6.92 Å². The van der Waals surface area contributed by atoms with Gasteiger partial charge in [-0.2, -0.15) is 14.7 Å². The number of benzene rings is 1. The fraction of sp³-hybridized carbons (Fsp3) is 0.346. The number of amides is 1. The molecule has 1 aromatic carbocycles. The highest BCUT2D eigenvalue weighted by Crippen LogP contribution is 2.27. The van der Waals surface area contributed by atoms with Gasteiger partial charge in [0, 0.05) is 42.5 Å². The SMILES string of the molecule is CCOC(=O)c1cnn(-c2ccc(-c3cc4nc(C(=O)N5CCCCC[C@H]5C)cc(O)n4n3)c(F)c2)c1. The largest absolute Gasteiger partial charge is 0.493 e. The molecule has 5 rings (SSSR count). The van der Waals surface area contributed by atoms with Gasteiger partial charge in [-0.25, -0.2) is 18.9 Å². The van der Waals surface area contributed by atoms with Gasteiger partial charge < -0.3 is 14.7 Å². The molecule has 1 saturated heterocycles. The second-order valence-electron chi connectivity index (χ2n) is 9.05. The molecule has 0 spiro atoms. The lowest BCUT2D eigenvalue weighted by molar-refractivity contribution is 0.0526. The van der Waals surface area contributed by atoms with E-state index in [1.54, 1.807) is 17.9 Å². The second kappa shape index (κ2) is 10.00. The van der Waals surface area contributed by atoms with E-state index >= 15 is 4.39 Å². The number of carbonyl (C=O) groups excluding carboxylic acids is 2. The maximum atomic E-state index is 15.1. The Morgan fingerprint density at radius 1 is 1.19 bits per heavy atom. The Morgan fingerprint density at radius 3 is 2.81 bits per heavy atom. The van der Waals surface area contributed by atoms with Crippen molar-refractivity contribution in [3.05, 3.63) is 59.8 Å². The van der Waals surface area contributed by atoms with E-state index in [2.05, 4.69) is 15.2 Å². The van der Waals surface area contributed by atoms with Gasteiger partial charge in [-0.05, 0) is 38.8 Å². The van der Waals surface area contributed by atoms with Gasteiger partial charge in [0.1, 0.15) is 11.5 Å². The summed E-state index contributed by atoms with van der Waals surface area (Å²) in [5.74, 6) is -1.59. The van der Waals surface area contributed by atoms with Crippen LogP contribution in [-0.2, 0) is 4.74 Å². The molecule has 1 atom stereocenters. The van der Waals surface area contributed by atoms with Crippen LogP contribution in [0.5, 0.6) is 5.88 Å². The number of likely N-dealkylation sites (tertiary alicyclic amines) is 1. The summed E-state index contributed by atoms with van der Waals surface area (Å²) in [7, 11) is 0.